The number of Topliss-reactive ketones (excluding diaryl/α,β-unsaturated/α-hetero) is 1. The molecular formula is C24H22N2O4. The second-order valence-corrected chi connectivity index (χ2v) is 7.46. The van der Waals surface area contributed by atoms with E-state index in [1.165, 1.54) is 0 Å². The molecule has 0 aliphatic heterocycles. The number of nitrogens with zero attached hydrogens (tertiary/aromatic N) is 2. The van der Waals surface area contributed by atoms with Gasteiger partial charge in [-0.25, -0.2) is 4.79 Å². The minimum Gasteiger partial charge on any atom is -0.481 e. The highest BCUT2D eigenvalue weighted by molar-refractivity contribution is 6.18. The number of aromatic nitrogens is 2. The van der Waals surface area contributed by atoms with Gasteiger partial charge in [0.05, 0.1) is 18.3 Å². The molecule has 30 heavy (non-hydrogen) atoms. The summed E-state index contributed by atoms with van der Waals surface area (Å²) in [6.45, 7) is 4.10. The number of ketones is 1. The Bertz CT molecular complexity index is 1150. The fourth-order valence-corrected chi connectivity index (χ4v) is 3.93. The normalized spacial score (nSPS) is 16.7. The van der Waals surface area contributed by atoms with Crippen LogP contribution in [0.2, 0.25) is 0 Å². The van der Waals surface area contributed by atoms with Crippen LogP contribution in [0.1, 0.15) is 45.5 Å². The fourth-order valence-electron chi connectivity index (χ4n) is 3.93. The van der Waals surface area contributed by atoms with E-state index < -0.39 is 12.6 Å². The molecule has 0 fully saturated rings. The average Bonchev–Trinajstić information content (AvgIpc) is 3.26. The summed E-state index contributed by atoms with van der Waals surface area (Å²) in [5.41, 5.74) is 4.99. The van der Waals surface area contributed by atoms with E-state index in [4.69, 9.17) is 9.84 Å². The molecule has 1 aliphatic carbocycles. The zero-order valence-electron chi connectivity index (χ0n) is 16.8. The van der Waals surface area contributed by atoms with Gasteiger partial charge in [-0.05, 0) is 35.8 Å². The number of carboxylic acid groups (broad SMARTS) is 1. The molecule has 152 valence electrons. The topological polar surface area (TPSA) is 81.4 Å². The van der Waals surface area contributed by atoms with Crippen LogP contribution in [0.15, 0.2) is 60.4 Å². The number of rotatable bonds is 6. The highest BCUT2D eigenvalue weighted by Crippen LogP contribution is 2.44. The minimum absolute atomic E-state index is 0.113. The van der Waals surface area contributed by atoms with Crippen LogP contribution < -0.4 is 4.74 Å². The van der Waals surface area contributed by atoms with Gasteiger partial charge in [-0.2, -0.15) is 5.10 Å². The number of ether oxygens (including phenoxy) is 1. The molecule has 1 unspecified atom stereocenters. The lowest BCUT2D eigenvalue weighted by molar-refractivity contribution is -0.139. The Morgan fingerprint density at radius 1 is 1.23 bits per heavy atom. The lowest BCUT2D eigenvalue weighted by Crippen LogP contribution is -2.11. The van der Waals surface area contributed by atoms with E-state index in [2.05, 4.69) is 5.10 Å². The van der Waals surface area contributed by atoms with E-state index in [0.717, 1.165) is 22.3 Å². The number of fused-ring (bicyclic) bond motifs is 1. The van der Waals surface area contributed by atoms with Crippen molar-refractivity contribution in [2.45, 2.75) is 26.3 Å². The third-order valence-electron chi connectivity index (χ3n) is 5.33. The first-order valence-electron chi connectivity index (χ1n) is 9.75. The van der Waals surface area contributed by atoms with Gasteiger partial charge in [0.15, 0.2) is 12.4 Å². The number of aryl methyl sites for hydroxylation is 1. The Hall–Kier alpha value is -3.67. The van der Waals surface area contributed by atoms with Crippen LogP contribution in [-0.4, -0.2) is 33.2 Å². The van der Waals surface area contributed by atoms with Crippen molar-refractivity contribution < 1.29 is 19.4 Å². The highest BCUT2D eigenvalue weighted by Gasteiger charge is 2.36. The third kappa shape index (κ3) is 3.76. The van der Waals surface area contributed by atoms with Gasteiger partial charge in [0.25, 0.3) is 0 Å². The van der Waals surface area contributed by atoms with Crippen molar-refractivity contribution >= 4 is 17.8 Å². The molecule has 0 saturated carbocycles. The van der Waals surface area contributed by atoms with E-state index >= 15 is 0 Å². The Labute approximate surface area is 174 Å². The van der Waals surface area contributed by atoms with Crippen LogP contribution >= 0.6 is 0 Å². The summed E-state index contributed by atoms with van der Waals surface area (Å²) in [4.78, 5) is 24.1. The van der Waals surface area contributed by atoms with Crippen LogP contribution in [0.25, 0.3) is 6.08 Å². The number of allylic oxidation sites excluding steroid dienone is 1. The number of hydrogen-bond acceptors (Lipinski definition) is 4. The first kappa shape index (κ1) is 19.6. The van der Waals surface area contributed by atoms with Gasteiger partial charge in [-0.3, -0.25) is 9.48 Å². The highest BCUT2D eigenvalue weighted by atomic mass is 16.5. The second kappa shape index (κ2) is 7.99. The minimum atomic E-state index is -1.08. The molecule has 1 atom stereocenters. The molecule has 1 heterocycles. The van der Waals surface area contributed by atoms with Crippen molar-refractivity contribution in [1.82, 2.24) is 9.78 Å². The quantitative estimate of drug-likeness (QED) is 0.628. The predicted molar refractivity (Wildman–Crippen MR) is 113 cm³/mol. The second-order valence-electron chi connectivity index (χ2n) is 7.46. The van der Waals surface area contributed by atoms with Crippen molar-refractivity contribution in [3.05, 3.63) is 88.2 Å². The number of benzene rings is 2. The molecule has 2 aromatic carbocycles. The van der Waals surface area contributed by atoms with Crippen LogP contribution in [-0.2, 0) is 11.3 Å². The molecule has 1 aliphatic rings. The fraction of sp³-hybridized carbons (Fsp3) is 0.208. The molecule has 0 bridgehead atoms. The van der Waals surface area contributed by atoms with Crippen molar-refractivity contribution in [2.75, 3.05) is 6.61 Å². The number of carbonyl (C=O) groups excluding carboxylic acids is 1. The number of hydrogen-bond donors (Lipinski definition) is 1. The van der Waals surface area contributed by atoms with Crippen molar-refractivity contribution in [3.8, 4) is 5.75 Å². The van der Waals surface area contributed by atoms with E-state index in [1.807, 2.05) is 67.2 Å². The molecule has 1 aromatic heterocycles. The molecule has 0 radical (unpaired) electrons. The van der Waals surface area contributed by atoms with Gasteiger partial charge in [-0.15, -0.1) is 0 Å². The Morgan fingerprint density at radius 2 is 2.00 bits per heavy atom. The largest absolute Gasteiger partial charge is 0.481 e. The van der Waals surface area contributed by atoms with E-state index in [1.54, 1.807) is 12.3 Å². The number of carbonyl (C=O) groups is 2. The standard InChI is InChI=1S/C24H22N2O4/c1-15-8-9-20(30-14-21(27)28)23-22(15)16(2)19(24(23)29)10-18-11-25-26(13-18)12-17-6-4-3-5-7-17/h3-11,13,16H,12,14H2,1-2H3,(H,27,28). The Morgan fingerprint density at radius 3 is 2.73 bits per heavy atom. The molecule has 0 spiro atoms. The maximum absolute atomic E-state index is 13.2. The monoisotopic (exact) mass is 402 g/mol. The summed E-state index contributed by atoms with van der Waals surface area (Å²) in [6, 6.07) is 13.6. The third-order valence-corrected chi connectivity index (χ3v) is 5.33. The van der Waals surface area contributed by atoms with Crippen molar-refractivity contribution in [3.63, 3.8) is 0 Å². The molecule has 0 amide bonds. The van der Waals surface area contributed by atoms with Crippen LogP contribution in [0.3, 0.4) is 0 Å². The van der Waals surface area contributed by atoms with Gasteiger partial charge >= 0.3 is 5.97 Å². The molecule has 0 saturated heterocycles. The summed E-state index contributed by atoms with van der Waals surface area (Å²) in [6.07, 6.45) is 5.52. The van der Waals surface area contributed by atoms with Crippen molar-refractivity contribution in [2.24, 2.45) is 0 Å². The van der Waals surface area contributed by atoms with E-state index in [0.29, 0.717) is 23.4 Å². The smallest absolute Gasteiger partial charge is 0.341 e. The summed E-state index contributed by atoms with van der Waals surface area (Å²) in [5.74, 6) is -1.00. The van der Waals surface area contributed by atoms with Gasteiger partial charge in [0, 0.05) is 23.3 Å². The zero-order chi connectivity index (χ0) is 21.3. The molecule has 1 N–H and O–H groups in total. The van der Waals surface area contributed by atoms with E-state index in [9.17, 15) is 9.59 Å². The zero-order valence-corrected chi connectivity index (χ0v) is 16.8. The molecule has 4 rings (SSSR count). The van der Waals surface area contributed by atoms with Gasteiger partial charge < -0.3 is 9.84 Å². The molecular weight excluding hydrogens is 380 g/mol. The molecule has 6 nitrogen and oxygen atoms in total. The predicted octanol–water partition coefficient (Wildman–Crippen LogP) is 4.09. The Balaban J connectivity index is 1.63. The van der Waals surface area contributed by atoms with Crippen LogP contribution in [0.5, 0.6) is 5.75 Å². The number of aliphatic carboxylic acids is 1. The maximum Gasteiger partial charge on any atom is 0.341 e. The lowest BCUT2D eigenvalue weighted by atomic mass is 9.95. The van der Waals surface area contributed by atoms with Crippen LogP contribution in [0.4, 0.5) is 0 Å². The summed E-state index contributed by atoms with van der Waals surface area (Å²) in [7, 11) is 0. The lowest BCUT2D eigenvalue weighted by Gasteiger charge is -2.12. The summed E-state index contributed by atoms with van der Waals surface area (Å²) >= 11 is 0. The summed E-state index contributed by atoms with van der Waals surface area (Å²) < 4.78 is 7.23. The van der Waals surface area contributed by atoms with E-state index in [-0.39, 0.29) is 11.7 Å². The van der Waals surface area contributed by atoms with Gasteiger partial charge in [0.2, 0.25) is 0 Å². The SMILES string of the molecule is Cc1ccc(OCC(=O)O)c2c1C(C)C(=Cc1cnn(Cc3ccccc3)c1)C2=O. The first-order chi connectivity index (χ1) is 14.4. The van der Waals surface area contributed by atoms with Gasteiger partial charge in [-0.1, -0.05) is 43.3 Å². The number of carboxylic acids is 1. The Kier molecular flexibility index (Phi) is 5.23. The first-order valence-corrected chi connectivity index (χ1v) is 9.75. The van der Waals surface area contributed by atoms with Crippen LogP contribution in [0, 0.1) is 6.92 Å². The molecule has 3 aromatic rings. The van der Waals surface area contributed by atoms with Gasteiger partial charge in [0.1, 0.15) is 5.75 Å². The molecule has 6 heteroatoms. The maximum atomic E-state index is 13.2. The average molecular weight is 402 g/mol. The van der Waals surface area contributed by atoms with Crippen molar-refractivity contribution in [1.29, 1.82) is 0 Å². The summed E-state index contributed by atoms with van der Waals surface area (Å²) in [5, 5.41) is 13.3.